The number of aromatic nitrogens is 6. The Balaban J connectivity index is 0.000000108. The summed E-state index contributed by atoms with van der Waals surface area (Å²) < 4.78 is 60.2. The fourth-order valence-electron chi connectivity index (χ4n) is 23.9. The van der Waals surface area contributed by atoms with E-state index in [1.807, 2.05) is 261 Å². The van der Waals surface area contributed by atoms with Crippen molar-refractivity contribution in [2.45, 2.75) is 0 Å². The van der Waals surface area contributed by atoms with E-state index in [9.17, 15) is 15.8 Å². The molecule has 696 valence electrons. The van der Waals surface area contributed by atoms with Gasteiger partial charge in [0.25, 0.3) is 0 Å². The van der Waals surface area contributed by atoms with E-state index < -0.39 is 21.4 Å². The van der Waals surface area contributed by atoms with Crippen LogP contribution in [0.2, 0.25) is 0 Å². The summed E-state index contributed by atoms with van der Waals surface area (Å²) in [7, 11) is -9.59. The molecule has 3 aliphatic heterocycles. The molecule has 30 rings (SSSR count). The number of hydrogen-bond donors (Lipinski definition) is 0. The van der Waals surface area contributed by atoms with Crippen molar-refractivity contribution < 1.29 is 13.7 Å². The Morgan fingerprint density at radius 1 is 0.180 bits per heavy atom. The molecule has 0 spiro atoms. The quantitative estimate of drug-likeness (QED) is 0.103. The van der Waals surface area contributed by atoms with Crippen LogP contribution in [0.3, 0.4) is 0 Å². The van der Waals surface area contributed by atoms with Crippen molar-refractivity contribution in [2.24, 2.45) is 0 Å². The van der Waals surface area contributed by atoms with Crippen molar-refractivity contribution in [3.63, 3.8) is 0 Å². The van der Waals surface area contributed by atoms with Crippen LogP contribution < -0.4 is 47.7 Å². The second-order valence-electron chi connectivity index (χ2n) is 38.1. The molecule has 21 aromatic carbocycles. The van der Waals surface area contributed by atoms with Crippen LogP contribution in [0, 0.1) is 53.7 Å². The van der Waals surface area contributed by atoms with Gasteiger partial charge >= 0.3 is 0 Å². The molecular formula is C132H75N12O3P3. The summed E-state index contributed by atoms with van der Waals surface area (Å²) in [6, 6.07) is 159. The van der Waals surface area contributed by atoms with E-state index in [1.54, 1.807) is 0 Å². The van der Waals surface area contributed by atoms with Gasteiger partial charge in [0.2, 0.25) is 0 Å². The second kappa shape index (κ2) is 33.8. The van der Waals surface area contributed by atoms with Gasteiger partial charge in [-0.3, -0.25) is 0 Å². The highest BCUT2D eigenvalue weighted by molar-refractivity contribution is 7.87. The molecule has 0 saturated heterocycles. The van der Waals surface area contributed by atoms with Gasteiger partial charge in [-0.05, 0) is 286 Å². The van der Waals surface area contributed by atoms with Crippen molar-refractivity contribution in [1.82, 2.24) is 27.4 Å². The van der Waals surface area contributed by atoms with Gasteiger partial charge in [-0.15, -0.1) is 0 Å². The highest BCUT2D eigenvalue weighted by Crippen LogP contribution is 2.58. The van der Waals surface area contributed by atoms with Gasteiger partial charge in [0.15, 0.2) is 38.5 Å². The molecule has 0 radical (unpaired) electrons. The van der Waals surface area contributed by atoms with Gasteiger partial charge in [-0.1, -0.05) is 218 Å². The number of para-hydroxylation sites is 6. The Morgan fingerprint density at radius 2 is 0.353 bits per heavy atom. The predicted molar refractivity (Wildman–Crippen MR) is 613 cm³/mol. The predicted octanol–water partition coefficient (Wildman–Crippen LogP) is 29.8. The summed E-state index contributed by atoms with van der Waals surface area (Å²) in [6.45, 7) is 22.9. The minimum absolute atomic E-state index is 0.530. The third-order valence-electron chi connectivity index (χ3n) is 30.5. The maximum atomic E-state index is 15.6. The Hall–Kier alpha value is -20.0. The van der Waals surface area contributed by atoms with Crippen molar-refractivity contribution in [3.8, 4) is 85.7 Å². The molecule has 3 aliphatic rings. The van der Waals surface area contributed by atoms with Crippen LogP contribution >= 0.6 is 21.4 Å². The standard InChI is InChI=1S/C45H24N5OP.C44H25N4OP.C43H26N3OP/c1-48-30-13-18-43-37(23-30)36-22-29(27-47)12-17-42(36)50(43)32-15-20-45-39(25-32)38-24-31(14-19-44(38)52(45,51)33-7-3-2-4-8-33)49-40-10-6-5-9-34(40)35-21-28(26-46)11-16-41(35)49;1-46-29-16-20-42-36(24-29)34-12-6-8-14-40(34)48(42)31-18-22-44-38(26-31)37-25-30(17-21-43(37)50(44,49)32-9-3-2-4-10-32)47-39-13-7-5-11-33(39)35-23-28(27-45)15-19-41(35)47;1-44-28-19-22-41-35(25-28)34-15-7-10-18-40(34)46(41)30-21-24-43-37(27-30)36-26-29(20-23-42(36)48(43,47)31-11-3-2-4-12-31)45-38-16-8-5-13-32(38)33-14-6-9-17-39(33)45/h2-25H;2-26H;2-27H. The molecule has 9 heterocycles. The zero-order valence-electron chi connectivity index (χ0n) is 79.7. The third-order valence-corrected chi connectivity index (χ3v) is 39.9. The summed E-state index contributed by atoms with van der Waals surface area (Å²) in [5, 5.41) is 49.1. The smallest absolute Gasteiger partial charge is 0.188 e. The summed E-state index contributed by atoms with van der Waals surface area (Å²) in [5.74, 6) is 0. The molecule has 0 aliphatic carbocycles. The largest absolute Gasteiger partial charge is 0.309 e. The van der Waals surface area contributed by atoms with Crippen LogP contribution in [0.25, 0.3) is 213 Å². The Labute approximate surface area is 859 Å². The van der Waals surface area contributed by atoms with E-state index in [-0.39, 0.29) is 0 Å². The molecule has 0 N–H and O–H groups in total. The molecule has 15 nitrogen and oxygen atoms in total. The topological polar surface area (TPSA) is 165 Å². The molecule has 27 aromatic rings. The van der Waals surface area contributed by atoms with Gasteiger partial charge in [0.05, 0.1) is 121 Å². The maximum Gasteiger partial charge on any atom is 0.188 e. The number of rotatable bonds is 9. The number of nitrogens with zero attached hydrogens (tertiary/aromatic N) is 12. The number of fused-ring (bicyclic) bond motifs is 27. The van der Waals surface area contributed by atoms with E-state index >= 15 is 13.7 Å². The lowest BCUT2D eigenvalue weighted by Crippen LogP contribution is -2.20. The van der Waals surface area contributed by atoms with Crippen LogP contribution in [0.5, 0.6) is 0 Å². The first-order valence-electron chi connectivity index (χ1n) is 49.2. The first-order valence-corrected chi connectivity index (χ1v) is 54.3. The van der Waals surface area contributed by atoms with Crippen LogP contribution in [0.1, 0.15) is 16.7 Å². The summed E-state index contributed by atoms with van der Waals surface area (Å²) in [5.41, 5.74) is 27.3. The van der Waals surface area contributed by atoms with E-state index in [1.165, 1.54) is 10.8 Å². The molecule has 0 bridgehead atoms. The van der Waals surface area contributed by atoms with Crippen molar-refractivity contribution in [3.05, 3.63) is 506 Å². The molecule has 6 aromatic heterocycles. The van der Waals surface area contributed by atoms with Crippen LogP contribution in [-0.4, -0.2) is 27.4 Å². The fourth-order valence-corrected chi connectivity index (χ4v) is 33.0. The average molecular weight is 1970 g/mol. The molecule has 3 unspecified atom stereocenters. The zero-order valence-corrected chi connectivity index (χ0v) is 82.4. The molecular weight excluding hydrogens is 1890 g/mol. The van der Waals surface area contributed by atoms with Gasteiger partial charge in [-0.2, -0.15) is 15.8 Å². The monoisotopic (exact) mass is 1970 g/mol. The lowest BCUT2D eigenvalue weighted by molar-refractivity contribution is 0.592. The van der Waals surface area contributed by atoms with E-state index in [0.717, 1.165) is 235 Å². The lowest BCUT2D eigenvalue weighted by atomic mass is 10.0. The number of benzene rings is 21. The van der Waals surface area contributed by atoms with Gasteiger partial charge < -0.3 is 41.1 Å². The van der Waals surface area contributed by atoms with Crippen molar-refractivity contribution in [2.75, 3.05) is 0 Å². The minimum atomic E-state index is -3.24. The Morgan fingerprint density at radius 3 is 0.567 bits per heavy atom. The maximum absolute atomic E-state index is 15.6. The zero-order chi connectivity index (χ0) is 101. The van der Waals surface area contributed by atoms with Crippen molar-refractivity contribution >= 4 is 217 Å². The van der Waals surface area contributed by atoms with Crippen LogP contribution in [0.15, 0.2) is 455 Å². The molecule has 0 amide bonds. The number of hydrogen-bond acceptors (Lipinski definition) is 6. The second-order valence-corrected chi connectivity index (χ2v) is 46.2. The van der Waals surface area contributed by atoms with Crippen LogP contribution in [-0.2, 0) is 13.7 Å². The number of nitriles is 3. The summed E-state index contributed by atoms with van der Waals surface area (Å²) in [6.07, 6.45) is 0. The third kappa shape index (κ3) is 12.9. The minimum Gasteiger partial charge on any atom is -0.309 e. The van der Waals surface area contributed by atoms with E-state index in [4.69, 9.17) is 19.7 Å². The Bertz CT molecular complexity index is 10800. The highest BCUT2D eigenvalue weighted by Gasteiger charge is 2.45. The highest BCUT2D eigenvalue weighted by atomic mass is 31.2. The molecule has 18 heteroatoms. The SMILES string of the molecule is [C-]#[N+]c1ccc2c(c1)c1cc(C#N)ccc1n2-c1ccc2c(c1)-c1cc(-n3c4ccccc4c4cc(C#N)ccc43)ccc1P2(=O)c1ccccc1.[C-]#[N+]c1ccc2c(c1)c1ccccc1n2-c1ccc2c(c1)-c1cc(-n3c4ccccc4c4cc(C#N)ccc43)ccc1P2(=O)c1ccccc1.[C-]#[N+]c1ccc2c(c1)c1ccccc1n2-c1ccc2c(c1)-c1cc(-n3c4ccccc4c4ccccc43)ccc1P2(=O)c1ccccc1. The Kier molecular flexibility index (Phi) is 19.8. The van der Waals surface area contributed by atoms with Gasteiger partial charge in [0, 0.05) is 130 Å². The van der Waals surface area contributed by atoms with E-state index in [2.05, 4.69) is 254 Å². The van der Waals surface area contributed by atoms with E-state index in [0.29, 0.717) is 33.8 Å². The van der Waals surface area contributed by atoms with Crippen LogP contribution in [0.4, 0.5) is 17.1 Å². The van der Waals surface area contributed by atoms with Gasteiger partial charge in [-0.25, -0.2) is 14.5 Å². The molecule has 0 saturated carbocycles. The summed E-state index contributed by atoms with van der Waals surface area (Å²) in [4.78, 5) is 11.1. The fraction of sp³-hybridized carbons (Fsp3) is 0. The molecule has 3 atom stereocenters. The molecule has 0 fully saturated rings. The summed E-state index contributed by atoms with van der Waals surface area (Å²) >= 11 is 0. The molecule has 150 heavy (non-hydrogen) atoms. The average Bonchev–Trinajstić information content (AvgIpc) is 1.55. The normalized spacial score (nSPS) is 14.9. The van der Waals surface area contributed by atoms with Gasteiger partial charge in [0.1, 0.15) is 0 Å². The first kappa shape index (κ1) is 87.8. The first-order chi connectivity index (χ1) is 73.7. The lowest BCUT2D eigenvalue weighted by Gasteiger charge is -2.17. The van der Waals surface area contributed by atoms with Crippen molar-refractivity contribution in [1.29, 1.82) is 15.8 Å².